The summed E-state index contributed by atoms with van der Waals surface area (Å²) >= 11 is 2.03. The van der Waals surface area contributed by atoms with Crippen molar-refractivity contribution in [3.63, 3.8) is 0 Å². The Labute approximate surface area is 275 Å². The second-order valence-electron chi connectivity index (χ2n) is 12.8. The molecule has 0 bridgehead atoms. The SMILES string of the molecule is COc1cc(C2C3=CCC4C(=O)N(C5CCN(Cc6ccccc6)CC5)C(=O)C4C3CC3=C2C(=O)C(C)=CC3=O)cc(I)c1O. The highest BCUT2D eigenvalue weighted by molar-refractivity contribution is 14.1. The number of allylic oxidation sites excluding steroid dienone is 6. The number of hydrogen-bond donors (Lipinski definition) is 1. The van der Waals surface area contributed by atoms with Gasteiger partial charge in [0.25, 0.3) is 0 Å². The van der Waals surface area contributed by atoms with E-state index in [0.717, 1.165) is 38.0 Å². The number of ether oxygens (including phenoxy) is 1. The number of ketones is 2. The van der Waals surface area contributed by atoms with E-state index in [1.165, 1.54) is 18.7 Å². The number of methoxy groups -OCH3 is 1. The highest BCUT2D eigenvalue weighted by Gasteiger charge is 2.57. The number of carbonyl (C=O) groups is 4. The zero-order chi connectivity index (χ0) is 31.6. The number of hydrogen-bond acceptors (Lipinski definition) is 7. The fourth-order valence-electron chi connectivity index (χ4n) is 8.22. The number of halogens is 1. The summed E-state index contributed by atoms with van der Waals surface area (Å²) in [5, 5.41) is 10.6. The van der Waals surface area contributed by atoms with E-state index < -0.39 is 17.8 Å². The molecule has 2 amide bonds. The molecule has 9 heteroatoms. The number of likely N-dealkylation sites (tertiary alicyclic amines) is 2. The minimum Gasteiger partial charge on any atom is -0.504 e. The molecule has 0 radical (unpaired) electrons. The average molecular weight is 719 g/mol. The van der Waals surface area contributed by atoms with Crippen molar-refractivity contribution < 1.29 is 29.0 Å². The van der Waals surface area contributed by atoms with Crippen LogP contribution in [0.5, 0.6) is 11.5 Å². The number of benzene rings is 2. The van der Waals surface area contributed by atoms with E-state index in [1.54, 1.807) is 17.9 Å². The largest absolute Gasteiger partial charge is 0.504 e. The molecule has 232 valence electrons. The zero-order valence-corrected chi connectivity index (χ0v) is 27.5. The number of imide groups is 1. The quantitative estimate of drug-likeness (QED) is 0.199. The Morgan fingerprint density at radius 2 is 1.73 bits per heavy atom. The monoisotopic (exact) mass is 718 g/mol. The normalized spacial score (nSPS) is 27.2. The molecule has 3 aliphatic carbocycles. The van der Waals surface area contributed by atoms with Gasteiger partial charge in [0, 0.05) is 48.3 Å². The summed E-state index contributed by atoms with van der Waals surface area (Å²) in [6.07, 6.45) is 5.56. The Hall–Kier alpha value is -3.57. The lowest BCUT2D eigenvalue weighted by molar-refractivity contribution is -0.144. The summed E-state index contributed by atoms with van der Waals surface area (Å²) in [4.78, 5) is 59.3. The van der Waals surface area contributed by atoms with Crippen molar-refractivity contribution in [2.24, 2.45) is 17.8 Å². The molecular formula is C36H35IN2O6. The third-order valence-corrected chi connectivity index (χ3v) is 11.2. The van der Waals surface area contributed by atoms with E-state index in [9.17, 15) is 24.3 Å². The zero-order valence-electron chi connectivity index (χ0n) is 25.3. The van der Waals surface area contributed by atoms with E-state index in [4.69, 9.17) is 4.74 Å². The number of aromatic hydroxyl groups is 1. The summed E-state index contributed by atoms with van der Waals surface area (Å²) in [6.45, 7) is 4.11. The van der Waals surface area contributed by atoms with Gasteiger partial charge >= 0.3 is 0 Å². The van der Waals surface area contributed by atoms with Gasteiger partial charge in [-0.25, -0.2) is 0 Å². The predicted octanol–water partition coefficient (Wildman–Crippen LogP) is 5.10. The molecule has 4 atom stereocenters. The molecule has 2 aromatic rings. The first-order chi connectivity index (χ1) is 21.7. The maximum absolute atomic E-state index is 14.3. The van der Waals surface area contributed by atoms with Crippen LogP contribution in [-0.4, -0.2) is 64.5 Å². The maximum atomic E-state index is 14.3. The maximum Gasteiger partial charge on any atom is 0.233 e. The predicted molar refractivity (Wildman–Crippen MR) is 175 cm³/mol. The number of piperidine rings is 1. The van der Waals surface area contributed by atoms with E-state index in [0.29, 0.717) is 32.3 Å². The number of amides is 2. The van der Waals surface area contributed by atoms with Gasteiger partial charge in [0.05, 0.1) is 22.5 Å². The third-order valence-electron chi connectivity index (χ3n) is 10.4. The van der Waals surface area contributed by atoms with Crippen LogP contribution < -0.4 is 4.74 Å². The van der Waals surface area contributed by atoms with Crippen molar-refractivity contribution in [2.75, 3.05) is 20.2 Å². The molecule has 2 aliphatic heterocycles. The summed E-state index contributed by atoms with van der Waals surface area (Å²) in [6, 6.07) is 13.7. The van der Waals surface area contributed by atoms with E-state index in [-0.39, 0.29) is 53.3 Å². The van der Waals surface area contributed by atoms with E-state index >= 15 is 0 Å². The topological polar surface area (TPSA) is 104 Å². The molecule has 8 nitrogen and oxygen atoms in total. The first kappa shape index (κ1) is 30.1. The lowest BCUT2D eigenvalue weighted by Gasteiger charge is -2.42. The Kier molecular flexibility index (Phi) is 7.80. The Morgan fingerprint density at radius 1 is 1.00 bits per heavy atom. The first-order valence-electron chi connectivity index (χ1n) is 15.6. The molecule has 45 heavy (non-hydrogen) atoms. The number of Topliss-reactive ketones (excluding diaryl/α,β-unsaturated/α-hetero) is 1. The molecule has 0 aromatic heterocycles. The average Bonchev–Trinajstić information content (AvgIpc) is 3.30. The van der Waals surface area contributed by atoms with Gasteiger partial charge in [0.1, 0.15) is 0 Å². The summed E-state index contributed by atoms with van der Waals surface area (Å²) in [5.41, 5.74) is 4.10. The number of rotatable bonds is 5. The van der Waals surface area contributed by atoms with Gasteiger partial charge < -0.3 is 9.84 Å². The van der Waals surface area contributed by atoms with Gasteiger partial charge in [-0.2, -0.15) is 0 Å². The van der Waals surface area contributed by atoms with Crippen molar-refractivity contribution in [3.8, 4) is 11.5 Å². The second kappa shape index (κ2) is 11.7. The van der Waals surface area contributed by atoms with Gasteiger partial charge in [0.2, 0.25) is 11.8 Å². The van der Waals surface area contributed by atoms with Crippen LogP contribution in [0.2, 0.25) is 0 Å². The van der Waals surface area contributed by atoms with Crippen molar-refractivity contribution in [1.29, 1.82) is 0 Å². The number of phenols is 1. The van der Waals surface area contributed by atoms with Crippen LogP contribution in [0.3, 0.4) is 0 Å². The lowest BCUT2D eigenvalue weighted by Crippen LogP contribution is -2.47. The molecule has 1 N–H and O–H groups in total. The van der Waals surface area contributed by atoms with Crippen molar-refractivity contribution in [2.45, 2.75) is 51.1 Å². The fourth-order valence-corrected chi connectivity index (χ4v) is 8.84. The molecular weight excluding hydrogens is 683 g/mol. The van der Waals surface area contributed by atoms with Crippen LogP contribution in [-0.2, 0) is 25.7 Å². The number of nitrogens with zero attached hydrogens (tertiary/aromatic N) is 2. The van der Waals surface area contributed by atoms with Crippen LogP contribution in [0.4, 0.5) is 0 Å². The second-order valence-corrected chi connectivity index (χ2v) is 14.0. The van der Waals surface area contributed by atoms with Crippen molar-refractivity contribution in [3.05, 3.63) is 91.6 Å². The van der Waals surface area contributed by atoms with Crippen molar-refractivity contribution >= 4 is 46.0 Å². The Balaban J connectivity index is 1.21. The smallest absolute Gasteiger partial charge is 0.233 e. The first-order valence-corrected chi connectivity index (χ1v) is 16.7. The van der Waals surface area contributed by atoms with Crippen LogP contribution in [0.25, 0.3) is 0 Å². The molecule has 7 rings (SSSR count). The highest BCUT2D eigenvalue weighted by Crippen LogP contribution is 2.56. The number of fused-ring (bicyclic) bond motifs is 3. The molecule has 2 aromatic carbocycles. The minimum absolute atomic E-state index is 0.00486. The van der Waals surface area contributed by atoms with Gasteiger partial charge in [-0.15, -0.1) is 0 Å². The van der Waals surface area contributed by atoms with Gasteiger partial charge in [-0.1, -0.05) is 42.0 Å². The highest BCUT2D eigenvalue weighted by atomic mass is 127. The van der Waals surface area contributed by atoms with Crippen LogP contribution in [0, 0.1) is 21.3 Å². The van der Waals surface area contributed by atoms with E-state index in [1.807, 2.05) is 52.9 Å². The van der Waals surface area contributed by atoms with Gasteiger partial charge in [0.15, 0.2) is 23.1 Å². The lowest BCUT2D eigenvalue weighted by atomic mass is 9.59. The Bertz CT molecular complexity index is 1720. The van der Waals surface area contributed by atoms with Crippen LogP contribution in [0.15, 0.2) is 76.9 Å². The minimum atomic E-state index is -0.582. The molecule has 2 fully saturated rings. The standard InChI is InChI=1S/C36H35IN2O6/c1-19-14-28(40)26-17-25-23(30(32(26)33(19)41)21-15-27(37)34(42)29(16-21)45-2)8-9-24-31(25)36(44)39(35(24)43)22-10-12-38(13-11-22)18-20-6-4-3-5-7-20/h3-8,14-16,22,24-25,30-31,42H,9-13,17-18H2,1-2H3. The summed E-state index contributed by atoms with van der Waals surface area (Å²) in [7, 11) is 1.47. The molecule has 0 spiro atoms. The molecule has 2 saturated heterocycles. The number of carbonyl (C=O) groups excluding carboxylic acids is 4. The summed E-state index contributed by atoms with van der Waals surface area (Å²) < 4.78 is 6.01. The fraction of sp³-hybridized carbons (Fsp3) is 0.389. The molecule has 4 unspecified atom stereocenters. The molecule has 5 aliphatic rings. The van der Waals surface area contributed by atoms with Gasteiger partial charge in [-0.05, 0) is 90.5 Å². The van der Waals surface area contributed by atoms with Crippen LogP contribution >= 0.6 is 22.6 Å². The Morgan fingerprint density at radius 3 is 2.44 bits per heavy atom. The number of phenolic OH excluding ortho intramolecular Hbond substituents is 1. The summed E-state index contributed by atoms with van der Waals surface area (Å²) in [5.74, 6) is -2.40. The van der Waals surface area contributed by atoms with Crippen LogP contribution in [0.1, 0.15) is 49.7 Å². The molecule has 0 saturated carbocycles. The van der Waals surface area contributed by atoms with Crippen molar-refractivity contribution in [1.82, 2.24) is 9.80 Å². The third kappa shape index (κ3) is 4.99. The molecule has 2 heterocycles. The van der Waals surface area contributed by atoms with E-state index in [2.05, 4.69) is 17.0 Å². The van der Waals surface area contributed by atoms with Gasteiger partial charge in [-0.3, -0.25) is 29.0 Å².